The SMILES string of the molecule is CCC(NC1CCCc2sccc21)c1ccc(Br)cc1. The van der Waals surface area contributed by atoms with Gasteiger partial charge < -0.3 is 5.32 Å². The van der Waals surface area contributed by atoms with Crippen LogP contribution in [-0.2, 0) is 6.42 Å². The smallest absolute Gasteiger partial charge is 0.0336 e. The summed E-state index contributed by atoms with van der Waals surface area (Å²) in [6, 6.07) is 12.0. The molecule has 1 nitrogen and oxygen atoms in total. The van der Waals surface area contributed by atoms with Crippen LogP contribution < -0.4 is 5.32 Å². The summed E-state index contributed by atoms with van der Waals surface area (Å²) in [6.07, 6.45) is 4.95. The molecule has 1 N–H and O–H groups in total. The Morgan fingerprint density at radius 3 is 2.85 bits per heavy atom. The number of fused-ring (bicyclic) bond motifs is 1. The van der Waals surface area contributed by atoms with E-state index in [1.54, 1.807) is 4.88 Å². The van der Waals surface area contributed by atoms with Crippen molar-refractivity contribution in [1.29, 1.82) is 0 Å². The molecule has 1 aromatic carbocycles. The maximum Gasteiger partial charge on any atom is 0.0336 e. The summed E-state index contributed by atoms with van der Waals surface area (Å²) in [6.45, 7) is 2.26. The Bertz CT molecular complexity index is 561. The summed E-state index contributed by atoms with van der Waals surface area (Å²) >= 11 is 5.43. The first-order valence-corrected chi connectivity index (χ1v) is 9.03. The van der Waals surface area contributed by atoms with Gasteiger partial charge in [-0.25, -0.2) is 0 Å². The Kier molecular flexibility index (Phi) is 4.59. The zero-order chi connectivity index (χ0) is 13.9. The monoisotopic (exact) mass is 349 g/mol. The second-order valence-electron chi connectivity index (χ2n) is 5.42. The van der Waals surface area contributed by atoms with Crippen molar-refractivity contribution >= 4 is 27.3 Å². The van der Waals surface area contributed by atoms with Crippen molar-refractivity contribution in [1.82, 2.24) is 5.32 Å². The normalized spacial score (nSPS) is 19.6. The van der Waals surface area contributed by atoms with Crippen LogP contribution >= 0.6 is 27.3 Å². The van der Waals surface area contributed by atoms with Crippen LogP contribution in [0, 0.1) is 0 Å². The zero-order valence-electron chi connectivity index (χ0n) is 11.7. The number of thiophene rings is 1. The van der Waals surface area contributed by atoms with Gasteiger partial charge in [-0.15, -0.1) is 11.3 Å². The van der Waals surface area contributed by atoms with Crippen molar-refractivity contribution in [2.24, 2.45) is 0 Å². The second kappa shape index (κ2) is 6.42. The Hall–Kier alpha value is -0.640. The van der Waals surface area contributed by atoms with Gasteiger partial charge in [0.05, 0.1) is 0 Å². The van der Waals surface area contributed by atoms with Gasteiger partial charge in [-0.1, -0.05) is 35.0 Å². The van der Waals surface area contributed by atoms with E-state index in [-0.39, 0.29) is 0 Å². The van der Waals surface area contributed by atoms with E-state index >= 15 is 0 Å². The molecular weight excluding hydrogens is 330 g/mol. The van der Waals surface area contributed by atoms with Gasteiger partial charge in [-0.3, -0.25) is 0 Å². The van der Waals surface area contributed by atoms with Crippen molar-refractivity contribution in [3.05, 3.63) is 56.2 Å². The third-order valence-corrected chi connectivity index (χ3v) is 5.66. The molecule has 1 aliphatic rings. The molecule has 0 spiro atoms. The second-order valence-corrected chi connectivity index (χ2v) is 7.34. The van der Waals surface area contributed by atoms with Crippen LogP contribution in [0.5, 0.6) is 0 Å². The lowest BCUT2D eigenvalue weighted by molar-refractivity contribution is 0.395. The highest BCUT2D eigenvalue weighted by Crippen LogP contribution is 2.35. The molecule has 0 radical (unpaired) electrons. The molecule has 106 valence electrons. The molecule has 2 unspecified atom stereocenters. The molecule has 0 fully saturated rings. The van der Waals surface area contributed by atoms with E-state index < -0.39 is 0 Å². The lowest BCUT2D eigenvalue weighted by Crippen LogP contribution is -2.28. The summed E-state index contributed by atoms with van der Waals surface area (Å²) < 4.78 is 1.15. The number of hydrogen-bond acceptors (Lipinski definition) is 2. The third kappa shape index (κ3) is 3.00. The third-order valence-electron chi connectivity index (χ3n) is 4.13. The summed E-state index contributed by atoms with van der Waals surface area (Å²) in [5.74, 6) is 0. The molecule has 0 aliphatic heterocycles. The van der Waals surface area contributed by atoms with Gasteiger partial charge >= 0.3 is 0 Å². The fraction of sp³-hybridized carbons (Fsp3) is 0.412. The topological polar surface area (TPSA) is 12.0 Å². The average molecular weight is 350 g/mol. The lowest BCUT2D eigenvalue weighted by atomic mass is 9.92. The fourth-order valence-corrected chi connectivity index (χ4v) is 4.30. The van der Waals surface area contributed by atoms with Crippen LogP contribution in [0.15, 0.2) is 40.2 Å². The molecular formula is C17H20BrNS. The zero-order valence-corrected chi connectivity index (χ0v) is 14.1. The molecule has 1 heterocycles. The molecule has 0 amide bonds. The van der Waals surface area contributed by atoms with Gasteiger partial charge in [0.1, 0.15) is 0 Å². The van der Waals surface area contributed by atoms with Crippen LogP contribution in [0.1, 0.15) is 54.3 Å². The number of nitrogens with one attached hydrogen (secondary N) is 1. The van der Waals surface area contributed by atoms with E-state index in [9.17, 15) is 0 Å². The predicted octanol–water partition coefficient (Wildman–Crippen LogP) is 5.63. The van der Waals surface area contributed by atoms with Crippen LogP contribution in [0.25, 0.3) is 0 Å². The highest BCUT2D eigenvalue weighted by atomic mass is 79.9. The fourth-order valence-electron chi connectivity index (χ4n) is 3.05. The van der Waals surface area contributed by atoms with Crippen LogP contribution in [-0.4, -0.2) is 0 Å². The standard InChI is InChI=1S/C17H20BrNS/c1-2-15(12-6-8-13(18)9-7-12)19-16-4-3-5-17-14(16)10-11-20-17/h6-11,15-16,19H,2-5H2,1H3. The highest BCUT2D eigenvalue weighted by molar-refractivity contribution is 9.10. The van der Waals surface area contributed by atoms with Gasteiger partial charge in [0.25, 0.3) is 0 Å². The van der Waals surface area contributed by atoms with Gasteiger partial charge in [0.2, 0.25) is 0 Å². The first kappa shape index (κ1) is 14.3. The molecule has 20 heavy (non-hydrogen) atoms. The minimum atomic E-state index is 0.443. The summed E-state index contributed by atoms with van der Waals surface area (Å²) in [5.41, 5.74) is 2.93. The van der Waals surface area contributed by atoms with Crippen LogP contribution in [0.3, 0.4) is 0 Å². The lowest BCUT2D eigenvalue weighted by Gasteiger charge is -2.29. The number of hydrogen-bond donors (Lipinski definition) is 1. The first-order valence-electron chi connectivity index (χ1n) is 7.35. The Morgan fingerprint density at radius 2 is 2.10 bits per heavy atom. The first-order chi connectivity index (χ1) is 9.78. The Morgan fingerprint density at radius 1 is 1.30 bits per heavy atom. The summed E-state index contributed by atoms with van der Waals surface area (Å²) in [5, 5.41) is 6.12. The minimum absolute atomic E-state index is 0.443. The Labute approximate surface area is 133 Å². The molecule has 3 rings (SSSR count). The average Bonchev–Trinajstić information content (AvgIpc) is 2.95. The van der Waals surface area contributed by atoms with E-state index in [2.05, 4.69) is 63.9 Å². The van der Waals surface area contributed by atoms with E-state index in [1.165, 1.54) is 30.4 Å². The van der Waals surface area contributed by atoms with Crippen LogP contribution in [0.2, 0.25) is 0 Å². The minimum Gasteiger partial charge on any atom is -0.303 e. The molecule has 3 heteroatoms. The summed E-state index contributed by atoms with van der Waals surface area (Å²) in [4.78, 5) is 1.58. The van der Waals surface area contributed by atoms with Crippen molar-refractivity contribution in [3.63, 3.8) is 0 Å². The number of benzene rings is 1. The molecule has 0 bridgehead atoms. The largest absolute Gasteiger partial charge is 0.303 e. The van der Waals surface area contributed by atoms with Gasteiger partial charge in [-0.05, 0) is 60.4 Å². The highest BCUT2D eigenvalue weighted by Gasteiger charge is 2.23. The van der Waals surface area contributed by atoms with Gasteiger partial charge in [0.15, 0.2) is 0 Å². The number of rotatable bonds is 4. The van der Waals surface area contributed by atoms with Gasteiger partial charge in [-0.2, -0.15) is 0 Å². The maximum absolute atomic E-state index is 3.88. The molecule has 0 saturated heterocycles. The van der Waals surface area contributed by atoms with Crippen LogP contribution in [0.4, 0.5) is 0 Å². The van der Waals surface area contributed by atoms with Gasteiger partial charge in [0, 0.05) is 21.4 Å². The Balaban J connectivity index is 1.78. The van der Waals surface area contributed by atoms with E-state index in [1.807, 2.05) is 11.3 Å². The van der Waals surface area contributed by atoms with E-state index in [4.69, 9.17) is 0 Å². The predicted molar refractivity (Wildman–Crippen MR) is 90.3 cm³/mol. The molecule has 1 aliphatic carbocycles. The number of aryl methyl sites for hydroxylation is 1. The van der Waals surface area contributed by atoms with Crippen molar-refractivity contribution in [2.75, 3.05) is 0 Å². The quantitative estimate of drug-likeness (QED) is 0.754. The van der Waals surface area contributed by atoms with E-state index in [0.717, 1.165) is 10.9 Å². The van der Waals surface area contributed by atoms with E-state index in [0.29, 0.717) is 12.1 Å². The van der Waals surface area contributed by atoms with Crippen molar-refractivity contribution in [2.45, 2.75) is 44.7 Å². The molecule has 2 aromatic rings. The molecule has 1 aromatic heterocycles. The molecule has 2 atom stereocenters. The number of halogens is 1. The molecule has 0 saturated carbocycles. The van der Waals surface area contributed by atoms with Crippen molar-refractivity contribution < 1.29 is 0 Å². The maximum atomic E-state index is 3.88. The summed E-state index contributed by atoms with van der Waals surface area (Å²) in [7, 11) is 0. The van der Waals surface area contributed by atoms with Crippen molar-refractivity contribution in [3.8, 4) is 0 Å².